The molecule has 0 aromatic carbocycles. The number of aryl methyl sites for hydroxylation is 1. The van der Waals surface area contributed by atoms with Crippen molar-refractivity contribution in [2.45, 2.75) is 6.92 Å². The van der Waals surface area contributed by atoms with E-state index in [1.807, 2.05) is 0 Å². The van der Waals surface area contributed by atoms with Crippen molar-refractivity contribution in [1.29, 1.82) is 0 Å². The standard InChI is InChI=1S/C8H12N2O3/c1-4-13-8(11)7-6(12-3)5-9-10(7)2/h5H,4H2,1-3H3/i2D3,3D3. The molecule has 0 aliphatic heterocycles. The van der Waals surface area contributed by atoms with E-state index in [2.05, 4.69) is 14.6 Å². The SMILES string of the molecule is [2H]C([2H])([2H])Oc1cnn(C([2H])([2H])[2H])c1C(=O)OCC. The van der Waals surface area contributed by atoms with Gasteiger partial charge in [-0.05, 0) is 6.92 Å². The summed E-state index contributed by atoms with van der Waals surface area (Å²) in [6.45, 7) is -1.23. The Labute approximate surface area is 84.7 Å². The van der Waals surface area contributed by atoms with E-state index in [9.17, 15) is 4.79 Å². The smallest absolute Gasteiger partial charge is 0.360 e. The second-order valence-corrected chi connectivity index (χ2v) is 2.09. The minimum absolute atomic E-state index is 0.00176. The quantitative estimate of drug-likeness (QED) is 0.655. The first-order chi connectivity index (χ1) is 8.56. The van der Waals surface area contributed by atoms with Gasteiger partial charge in [-0.3, -0.25) is 4.68 Å². The number of aromatic nitrogens is 2. The lowest BCUT2D eigenvalue weighted by Crippen LogP contribution is -2.11. The van der Waals surface area contributed by atoms with Crippen molar-refractivity contribution >= 4 is 5.97 Å². The molecule has 0 saturated heterocycles. The number of hydrogen-bond donors (Lipinski definition) is 0. The molecular weight excluding hydrogens is 172 g/mol. The third-order valence-electron chi connectivity index (χ3n) is 1.31. The lowest BCUT2D eigenvalue weighted by atomic mass is 10.4. The summed E-state index contributed by atoms with van der Waals surface area (Å²) in [5.74, 6) is -1.48. The second-order valence-electron chi connectivity index (χ2n) is 2.09. The zero-order chi connectivity index (χ0) is 14.8. The van der Waals surface area contributed by atoms with Gasteiger partial charge >= 0.3 is 5.97 Å². The van der Waals surface area contributed by atoms with Crippen LogP contribution in [0.5, 0.6) is 5.75 Å². The molecule has 1 rings (SSSR count). The van der Waals surface area contributed by atoms with Crippen molar-refractivity contribution in [3.8, 4) is 5.75 Å². The Morgan fingerprint density at radius 2 is 2.69 bits per heavy atom. The van der Waals surface area contributed by atoms with Crippen LogP contribution in [0.1, 0.15) is 25.6 Å². The lowest BCUT2D eigenvalue weighted by molar-refractivity contribution is 0.0510. The van der Waals surface area contributed by atoms with Gasteiger partial charge in [0.2, 0.25) is 0 Å². The first kappa shape index (κ1) is 4.13. The van der Waals surface area contributed by atoms with Crippen LogP contribution in [0.15, 0.2) is 6.20 Å². The topological polar surface area (TPSA) is 53.4 Å². The maximum atomic E-state index is 11.7. The van der Waals surface area contributed by atoms with Crippen molar-refractivity contribution in [3.05, 3.63) is 11.9 Å². The maximum absolute atomic E-state index is 11.7. The zero-order valence-electron chi connectivity index (χ0n) is 12.9. The first-order valence-electron chi connectivity index (χ1n) is 6.51. The first-order valence-corrected chi connectivity index (χ1v) is 3.51. The number of nitrogens with zero attached hydrogens (tertiary/aromatic N) is 2. The van der Waals surface area contributed by atoms with Gasteiger partial charge in [0.1, 0.15) is 0 Å². The van der Waals surface area contributed by atoms with E-state index in [0.29, 0.717) is 4.68 Å². The van der Waals surface area contributed by atoms with Gasteiger partial charge in [-0.25, -0.2) is 4.79 Å². The predicted octanol–water partition coefficient (Wildman–Crippen LogP) is 0.605. The molecule has 13 heavy (non-hydrogen) atoms. The summed E-state index contributed by atoms with van der Waals surface area (Å²) < 4.78 is 52.1. The van der Waals surface area contributed by atoms with Crippen LogP contribution in [0.25, 0.3) is 0 Å². The normalized spacial score (nSPS) is 18.5. The van der Waals surface area contributed by atoms with E-state index >= 15 is 0 Å². The molecule has 72 valence electrons. The van der Waals surface area contributed by atoms with Crippen molar-refractivity contribution in [3.63, 3.8) is 0 Å². The van der Waals surface area contributed by atoms with Crippen LogP contribution < -0.4 is 4.74 Å². The van der Waals surface area contributed by atoms with Crippen molar-refractivity contribution < 1.29 is 22.5 Å². The predicted molar refractivity (Wildman–Crippen MR) is 45.7 cm³/mol. The Kier molecular flexibility index (Phi) is 1.25. The molecule has 0 atom stereocenters. The summed E-state index contributed by atoms with van der Waals surface area (Å²) in [5, 5.41) is 3.45. The molecular formula is C8H12N2O3. The second kappa shape index (κ2) is 3.93. The van der Waals surface area contributed by atoms with Crippen molar-refractivity contribution in [2.24, 2.45) is 6.98 Å². The molecule has 0 unspecified atom stereocenters. The molecule has 0 bridgehead atoms. The highest BCUT2D eigenvalue weighted by Crippen LogP contribution is 2.16. The van der Waals surface area contributed by atoms with E-state index in [4.69, 9.17) is 8.22 Å². The number of esters is 1. The summed E-state index contributed by atoms with van der Waals surface area (Å²) in [5.41, 5.74) is -0.557. The van der Waals surface area contributed by atoms with Gasteiger partial charge in [0.25, 0.3) is 0 Å². The summed E-state index contributed by atoms with van der Waals surface area (Å²) in [6.07, 6.45) is 0.852. The van der Waals surface area contributed by atoms with Gasteiger partial charge in [0.15, 0.2) is 11.4 Å². The van der Waals surface area contributed by atoms with Crippen LogP contribution in [-0.2, 0) is 11.7 Å². The van der Waals surface area contributed by atoms with Gasteiger partial charge in [-0.1, -0.05) is 0 Å². The molecule has 1 heterocycles. The van der Waals surface area contributed by atoms with E-state index < -0.39 is 31.4 Å². The summed E-state index contributed by atoms with van der Waals surface area (Å²) >= 11 is 0. The van der Waals surface area contributed by atoms with Crippen LogP contribution in [0.4, 0.5) is 0 Å². The number of methoxy groups -OCH3 is 1. The van der Waals surface area contributed by atoms with Crippen molar-refractivity contribution in [1.82, 2.24) is 9.78 Å². The van der Waals surface area contributed by atoms with Crippen LogP contribution in [0.2, 0.25) is 0 Å². The Hall–Kier alpha value is -1.52. The van der Waals surface area contributed by atoms with E-state index in [-0.39, 0.29) is 6.61 Å². The number of ether oxygens (including phenoxy) is 2. The zero-order valence-corrected chi connectivity index (χ0v) is 6.90. The highest BCUT2D eigenvalue weighted by Gasteiger charge is 2.18. The van der Waals surface area contributed by atoms with Gasteiger partial charge < -0.3 is 9.47 Å². The molecule has 5 heteroatoms. The highest BCUT2D eigenvalue weighted by atomic mass is 16.5. The van der Waals surface area contributed by atoms with Gasteiger partial charge in [-0.2, -0.15) is 5.10 Å². The number of carbonyl (C=O) groups is 1. The minimum Gasteiger partial charge on any atom is -0.493 e. The number of carbonyl (C=O) groups excluding carboxylic acids is 1. The Bertz CT molecular complexity index is 464. The average Bonchev–Trinajstić information content (AvgIpc) is 2.58. The van der Waals surface area contributed by atoms with Crippen LogP contribution >= 0.6 is 0 Å². The molecule has 0 aliphatic carbocycles. The van der Waals surface area contributed by atoms with Gasteiger partial charge in [-0.15, -0.1) is 0 Å². The number of rotatable bonds is 3. The third-order valence-corrected chi connectivity index (χ3v) is 1.31. The lowest BCUT2D eigenvalue weighted by Gasteiger charge is -2.03. The largest absolute Gasteiger partial charge is 0.493 e. The molecule has 0 fully saturated rings. The van der Waals surface area contributed by atoms with Gasteiger partial charge in [0.05, 0.1) is 24.0 Å². The summed E-state index contributed by atoms with van der Waals surface area (Å²) in [7, 11) is -2.83. The molecule has 1 aromatic rings. The van der Waals surface area contributed by atoms with Gasteiger partial charge in [0, 0.05) is 11.1 Å². The van der Waals surface area contributed by atoms with Crippen LogP contribution in [0, 0.1) is 0 Å². The van der Waals surface area contributed by atoms with Crippen molar-refractivity contribution in [2.75, 3.05) is 13.6 Å². The van der Waals surface area contributed by atoms with E-state index in [0.717, 1.165) is 6.20 Å². The molecule has 0 N–H and O–H groups in total. The fraction of sp³-hybridized carbons (Fsp3) is 0.500. The molecule has 0 aliphatic rings. The Morgan fingerprint density at radius 1 is 1.85 bits per heavy atom. The molecule has 1 aromatic heterocycles. The Balaban J connectivity index is 3.26. The fourth-order valence-corrected chi connectivity index (χ4v) is 0.795. The third kappa shape index (κ3) is 1.80. The van der Waals surface area contributed by atoms with Crippen LogP contribution in [0.3, 0.4) is 0 Å². The highest BCUT2D eigenvalue weighted by molar-refractivity contribution is 5.90. The maximum Gasteiger partial charge on any atom is 0.360 e. The number of hydrogen-bond acceptors (Lipinski definition) is 4. The summed E-state index contributed by atoms with van der Waals surface area (Å²) in [4.78, 5) is 11.7. The molecule has 0 saturated carbocycles. The fourth-order valence-electron chi connectivity index (χ4n) is 0.795. The molecule has 0 spiro atoms. The summed E-state index contributed by atoms with van der Waals surface area (Å²) in [6, 6.07) is 0. The minimum atomic E-state index is -2.83. The van der Waals surface area contributed by atoms with E-state index in [1.165, 1.54) is 6.92 Å². The monoisotopic (exact) mass is 190 g/mol. The Morgan fingerprint density at radius 3 is 3.31 bits per heavy atom. The molecule has 5 nitrogen and oxygen atoms in total. The average molecular weight is 190 g/mol. The molecule has 0 radical (unpaired) electrons. The molecule has 0 amide bonds. The van der Waals surface area contributed by atoms with Crippen LogP contribution in [-0.4, -0.2) is 29.4 Å². The van der Waals surface area contributed by atoms with E-state index in [1.54, 1.807) is 0 Å².